The van der Waals surface area contributed by atoms with Crippen LogP contribution in [0.15, 0.2) is 41.8 Å². The van der Waals surface area contributed by atoms with Crippen molar-refractivity contribution in [1.29, 1.82) is 0 Å². The van der Waals surface area contributed by atoms with Crippen molar-refractivity contribution in [2.24, 2.45) is 0 Å². The molecular formula is C13H14N2OS. The molecule has 1 unspecified atom stereocenters. The van der Waals surface area contributed by atoms with Gasteiger partial charge in [-0.1, -0.05) is 12.1 Å². The number of nitrogens with one attached hydrogen (secondary N) is 1. The zero-order valence-corrected chi connectivity index (χ0v) is 10.3. The van der Waals surface area contributed by atoms with Crippen LogP contribution in [0.3, 0.4) is 0 Å². The van der Waals surface area contributed by atoms with E-state index in [0.717, 1.165) is 4.88 Å². The van der Waals surface area contributed by atoms with Crippen LogP contribution < -0.4 is 11.1 Å². The topological polar surface area (TPSA) is 55.1 Å². The molecule has 0 radical (unpaired) electrons. The van der Waals surface area contributed by atoms with Gasteiger partial charge in [0.2, 0.25) is 0 Å². The molecule has 3 N–H and O–H groups in total. The molecule has 0 aliphatic carbocycles. The van der Waals surface area contributed by atoms with Crippen molar-refractivity contribution in [1.82, 2.24) is 5.32 Å². The first-order valence-corrected chi connectivity index (χ1v) is 6.24. The largest absolute Gasteiger partial charge is 0.399 e. The van der Waals surface area contributed by atoms with Gasteiger partial charge in [-0.15, -0.1) is 11.3 Å². The minimum absolute atomic E-state index is 0.0175. The Morgan fingerprint density at radius 2 is 2.18 bits per heavy atom. The predicted molar refractivity (Wildman–Crippen MR) is 71.1 cm³/mol. The second-order valence-corrected chi connectivity index (χ2v) is 4.82. The summed E-state index contributed by atoms with van der Waals surface area (Å²) in [6.07, 6.45) is 0. The minimum Gasteiger partial charge on any atom is -0.399 e. The van der Waals surface area contributed by atoms with Crippen LogP contribution in [-0.2, 0) is 0 Å². The summed E-state index contributed by atoms with van der Waals surface area (Å²) in [7, 11) is 0. The Morgan fingerprint density at radius 1 is 1.35 bits per heavy atom. The van der Waals surface area contributed by atoms with E-state index in [1.807, 2.05) is 24.4 Å². The number of thiophene rings is 1. The van der Waals surface area contributed by atoms with Gasteiger partial charge in [0.05, 0.1) is 6.04 Å². The number of nitrogen functional groups attached to an aromatic ring is 1. The van der Waals surface area contributed by atoms with Gasteiger partial charge in [-0.25, -0.2) is 0 Å². The molecule has 1 aromatic carbocycles. The van der Waals surface area contributed by atoms with Crippen LogP contribution in [0.4, 0.5) is 5.69 Å². The lowest BCUT2D eigenvalue weighted by atomic mass is 10.1. The summed E-state index contributed by atoms with van der Waals surface area (Å²) < 4.78 is 0. The van der Waals surface area contributed by atoms with Gasteiger partial charge < -0.3 is 11.1 Å². The molecule has 17 heavy (non-hydrogen) atoms. The van der Waals surface area contributed by atoms with Gasteiger partial charge in [-0.2, -0.15) is 0 Å². The van der Waals surface area contributed by atoms with Crippen LogP contribution in [0.5, 0.6) is 0 Å². The number of rotatable bonds is 3. The van der Waals surface area contributed by atoms with Crippen molar-refractivity contribution in [3.63, 3.8) is 0 Å². The van der Waals surface area contributed by atoms with Crippen LogP contribution in [0.2, 0.25) is 0 Å². The Bertz CT molecular complexity index is 508. The fourth-order valence-corrected chi connectivity index (χ4v) is 2.30. The van der Waals surface area contributed by atoms with Gasteiger partial charge in [0.25, 0.3) is 5.91 Å². The molecule has 0 saturated carbocycles. The van der Waals surface area contributed by atoms with Gasteiger partial charge in [-0.3, -0.25) is 4.79 Å². The number of hydrogen-bond acceptors (Lipinski definition) is 3. The summed E-state index contributed by atoms with van der Waals surface area (Å²) in [6.45, 7) is 1.97. The molecule has 0 bridgehead atoms. The van der Waals surface area contributed by atoms with Crippen molar-refractivity contribution in [3.8, 4) is 0 Å². The van der Waals surface area contributed by atoms with Crippen LogP contribution in [0.1, 0.15) is 28.2 Å². The van der Waals surface area contributed by atoms with E-state index >= 15 is 0 Å². The predicted octanol–water partition coefficient (Wildman–Crippen LogP) is 2.82. The molecule has 1 heterocycles. The van der Waals surface area contributed by atoms with Crippen molar-refractivity contribution in [2.75, 3.05) is 5.73 Å². The number of hydrogen-bond donors (Lipinski definition) is 2. The standard InChI is InChI=1S/C13H14N2OS/c1-9(12-6-3-7-17-12)15-13(16)10-4-2-5-11(14)8-10/h2-9H,14H2,1H3,(H,15,16). The van der Waals surface area contributed by atoms with Crippen LogP contribution >= 0.6 is 11.3 Å². The zero-order valence-electron chi connectivity index (χ0n) is 9.51. The second-order valence-electron chi connectivity index (χ2n) is 3.84. The third-order valence-electron chi connectivity index (χ3n) is 2.47. The molecule has 2 rings (SSSR count). The van der Waals surface area contributed by atoms with E-state index in [2.05, 4.69) is 5.32 Å². The smallest absolute Gasteiger partial charge is 0.251 e. The molecule has 1 aromatic heterocycles. The van der Waals surface area contributed by atoms with E-state index < -0.39 is 0 Å². The first kappa shape index (κ1) is 11.7. The fraction of sp³-hybridized carbons (Fsp3) is 0.154. The van der Waals surface area contributed by atoms with Gasteiger partial charge in [-0.05, 0) is 36.6 Å². The third-order valence-corrected chi connectivity index (χ3v) is 3.52. The van der Waals surface area contributed by atoms with Gasteiger partial charge in [0, 0.05) is 16.1 Å². The third kappa shape index (κ3) is 2.85. The first-order chi connectivity index (χ1) is 8.16. The number of carbonyl (C=O) groups excluding carboxylic acids is 1. The maximum Gasteiger partial charge on any atom is 0.251 e. The monoisotopic (exact) mass is 246 g/mol. The number of benzene rings is 1. The van der Waals surface area contributed by atoms with E-state index in [9.17, 15) is 4.79 Å². The lowest BCUT2D eigenvalue weighted by molar-refractivity contribution is 0.0940. The summed E-state index contributed by atoms with van der Waals surface area (Å²) in [6, 6.07) is 11.0. The Balaban J connectivity index is 2.07. The van der Waals surface area contributed by atoms with Crippen LogP contribution in [-0.4, -0.2) is 5.91 Å². The van der Waals surface area contributed by atoms with Gasteiger partial charge in [0.1, 0.15) is 0 Å². The summed E-state index contributed by atoms with van der Waals surface area (Å²) >= 11 is 1.63. The lowest BCUT2D eigenvalue weighted by Crippen LogP contribution is -2.26. The lowest BCUT2D eigenvalue weighted by Gasteiger charge is -2.12. The summed E-state index contributed by atoms with van der Waals surface area (Å²) in [5.41, 5.74) is 6.83. The highest BCUT2D eigenvalue weighted by Crippen LogP contribution is 2.18. The highest BCUT2D eigenvalue weighted by Gasteiger charge is 2.11. The van der Waals surface area contributed by atoms with Gasteiger partial charge in [0.15, 0.2) is 0 Å². The molecule has 88 valence electrons. The Hall–Kier alpha value is -1.81. The van der Waals surface area contributed by atoms with E-state index in [4.69, 9.17) is 5.73 Å². The van der Waals surface area contributed by atoms with Crippen LogP contribution in [0, 0.1) is 0 Å². The Kier molecular flexibility index (Phi) is 3.44. The van der Waals surface area contributed by atoms with Crippen LogP contribution in [0.25, 0.3) is 0 Å². The molecule has 0 spiro atoms. The SMILES string of the molecule is CC(NC(=O)c1cccc(N)c1)c1cccs1. The second kappa shape index (κ2) is 5.01. The van der Waals surface area contributed by atoms with E-state index in [1.165, 1.54) is 0 Å². The van der Waals surface area contributed by atoms with Crippen molar-refractivity contribution in [2.45, 2.75) is 13.0 Å². The normalized spacial score (nSPS) is 12.1. The van der Waals surface area contributed by atoms with Crippen molar-refractivity contribution >= 4 is 22.9 Å². The minimum atomic E-state index is -0.0989. The fourth-order valence-electron chi connectivity index (χ4n) is 1.57. The Morgan fingerprint density at radius 3 is 2.82 bits per heavy atom. The molecule has 0 fully saturated rings. The molecule has 0 aliphatic rings. The molecule has 4 heteroatoms. The average molecular weight is 246 g/mol. The van der Waals surface area contributed by atoms with Gasteiger partial charge >= 0.3 is 0 Å². The summed E-state index contributed by atoms with van der Waals surface area (Å²) in [4.78, 5) is 13.1. The molecule has 2 aromatic rings. The highest BCUT2D eigenvalue weighted by molar-refractivity contribution is 7.10. The quantitative estimate of drug-likeness (QED) is 0.818. The number of anilines is 1. The molecule has 0 saturated heterocycles. The maximum absolute atomic E-state index is 11.9. The Labute approximate surface area is 104 Å². The van der Waals surface area contributed by atoms with Crippen molar-refractivity contribution in [3.05, 3.63) is 52.2 Å². The molecule has 1 amide bonds. The first-order valence-electron chi connectivity index (χ1n) is 5.36. The number of nitrogens with two attached hydrogens (primary N) is 1. The number of carbonyl (C=O) groups is 1. The molecule has 1 atom stereocenters. The highest BCUT2D eigenvalue weighted by atomic mass is 32.1. The van der Waals surface area contributed by atoms with E-state index in [-0.39, 0.29) is 11.9 Å². The summed E-state index contributed by atoms with van der Waals surface area (Å²) in [5.74, 6) is -0.0989. The molecular weight excluding hydrogens is 232 g/mol. The maximum atomic E-state index is 11.9. The number of amides is 1. The van der Waals surface area contributed by atoms with Crippen molar-refractivity contribution < 1.29 is 4.79 Å². The molecule has 3 nitrogen and oxygen atoms in total. The molecule has 0 aliphatic heterocycles. The average Bonchev–Trinajstić information content (AvgIpc) is 2.82. The summed E-state index contributed by atoms with van der Waals surface area (Å²) in [5, 5.41) is 4.94. The van der Waals surface area contributed by atoms with E-state index in [1.54, 1.807) is 35.6 Å². The zero-order chi connectivity index (χ0) is 12.3. The van der Waals surface area contributed by atoms with E-state index in [0.29, 0.717) is 11.3 Å².